The van der Waals surface area contributed by atoms with Crippen LogP contribution < -0.4 is 0 Å². The van der Waals surface area contributed by atoms with Crippen molar-refractivity contribution in [1.29, 1.82) is 0 Å². The molecule has 0 aliphatic rings. The van der Waals surface area contributed by atoms with Crippen LogP contribution in [0.2, 0.25) is 0 Å². The Balaban J connectivity index is 0. The molecule has 0 aromatic heterocycles. The van der Waals surface area contributed by atoms with E-state index in [1.165, 1.54) is 0 Å². The fourth-order valence-corrected chi connectivity index (χ4v) is 0.543. The smallest absolute Gasteiger partial charge is 0.0680 e. The third-order valence-corrected chi connectivity index (χ3v) is 1.01. The Morgan fingerprint density at radius 2 is 1.73 bits per heavy atom. The Kier molecular flexibility index (Phi) is 7.03. The van der Waals surface area contributed by atoms with Gasteiger partial charge >= 0.3 is 0 Å². The van der Waals surface area contributed by atoms with Crippen molar-refractivity contribution in [2.75, 3.05) is 0 Å². The Bertz CT molecular complexity index is 228. The fraction of sp³-hybridized carbons (Fsp3) is 0. The van der Waals surface area contributed by atoms with Crippen LogP contribution in [0.4, 0.5) is 8.78 Å². The van der Waals surface area contributed by atoms with Gasteiger partial charge in [0, 0.05) is 25.3 Å². The van der Waals surface area contributed by atoms with E-state index in [4.69, 9.17) is 0 Å². The van der Waals surface area contributed by atoms with Crippen molar-refractivity contribution in [2.45, 2.75) is 0 Å². The molecule has 0 saturated carbocycles. The summed E-state index contributed by atoms with van der Waals surface area (Å²) in [5, 5.41) is 0. The van der Waals surface area contributed by atoms with E-state index in [-0.39, 0.29) is 42.0 Å². The maximum atomic E-state index is 12.3. The van der Waals surface area contributed by atoms with Crippen LogP contribution >= 0.6 is 17.0 Å². The van der Waals surface area contributed by atoms with E-state index in [1.807, 2.05) is 0 Å². The van der Waals surface area contributed by atoms with Crippen molar-refractivity contribution in [3.05, 3.63) is 42.3 Å². The largest absolute Gasteiger partial charge is 0.284 e. The van der Waals surface area contributed by atoms with E-state index in [0.29, 0.717) is 0 Å². The van der Waals surface area contributed by atoms with Gasteiger partial charge in [0.25, 0.3) is 0 Å². The fourth-order valence-electron chi connectivity index (χ4n) is 0.543. The Morgan fingerprint density at radius 3 is 2.09 bits per heavy atom. The van der Waals surface area contributed by atoms with Gasteiger partial charge in [0.2, 0.25) is 0 Å². The molecule has 0 bridgehead atoms. The van der Waals surface area contributed by atoms with Crippen LogP contribution in [0, 0.1) is 18.6 Å². The van der Waals surface area contributed by atoms with Gasteiger partial charge in [-0.2, -0.15) is 12.5 Å². The summed E-state index contributed by atoms with van der Waals surface area (Å²) in [6.45, 7) is 3.27. The van der Waals surface area contributed by atoms with E-state index < -0.39 is 11.6 Å². The molecular weight excluding hydrogens is 267 g/mol. The molecule has 1 aromatic carbocycles. The molecule has 0 unspecified atom stereocenters. The molecule has 0 nitrogen and oxygen atoms in total. The molecule has 1 aromatic rings. The zero-order valence-corrected chi connectivity index (χ0v) is 10.5. The second kappa shape index (κ2) is 5.67. The number of benzene rings is 1. The second-order valence-corrected chi connectivity index (χ2v) is 1.74. The topological polar surface area (TPSA) is 0 Å². The first-order chi connectivity index (χ1) is 4.20. The first kappa shape index (κ1) is 13.6. The average Bonchev–Trinajstić information content (AvgIpc) is 1.80. The minimum atomic E-state index is -0.476. The van der Waals surface area contributed by atoms with Crippen LogP contribution in [0.1, 0.15) is 5.56 Å². The van der Waals surface area contributed by atoms with Crippen molar-refractivity contribution >= 4 is 17.0 Å². The predicted molar refractivity (Wildman–Crippen MR) is 41.1 cm³/mol. The molecule has 0 spiro atoms. The van der Waals surface area contributed by atoms with Crippen molar-refractivity contribution in [3.8, 4) is 0 Å². The Morgan fingerprint density at radius 1 is 1.18 bits per heavy atom. The van der Waals surface area contributed by atoms with Gasteiger partial charge in [-0.25, -0.2) is 4.39 Å². The van der Waals surface area contributed by atoms with Crippen molar-refractivity contribution in [1.82, 2.24) is 0 Å². The standard InChI is InChI=1S/C7H5F2.BrH.Zn/c1-5-4-6(8)2-3-7(5)9;;/h2-4H,1H2;1H;/q-1;;. The van der Waals surface area contributed by atoms with Crippen LogP contribution in [0.5, 0.6) is 0 Å². The zero-order valence-electron chi connectivity index (χ0n) is 5.81. The number of rotatable bonds is 0. The summed E-state index contributed by atoms with van der Waals surface area (Å²) in [5.41, 5.74) is 0.0926. The molecule has 0 N–H and O–H groups in total. The molecule has 0 fully saturated rings. The van der Waals surface area contributed by atoms with Gasteiger partial charge in [0.15, 0.2) is 0 Å². The summed E-state index contributed by atoms with van der Waals surface area (Å²) >= 11 is 0. The monoisotopic (exact) mass is 271 g/mol. The SMILES string of the molecule is Br.[CH2-]c1cc(F)ccc1F.[Zn]. The van der Waals surface area contributed by atoms with E-state index in [9.17, 15) is 8.78 Å². The van der Waals surface area contributed by atoms with Crippen LogP contribution in [-0.4, -0.2) is 0 Å². The molecule has 0 saturated heterocycles. The minimum absolute atomic E-state index is 0. The van der Waals surface area contributed by atoms with Gasteiger partial charge in [-0.15, -0.1) is 23.0 Å². The van der Waals surface area contributed by atoms with Gasteiger partial charge in [-0.1, -0.05) is 6.07 Å². The van der Waals surface area contributed by atoms with Gasteiger partial charge in [-0.05, 0) is 6.07 Å². The molecule has 0 atom stereocenters. The van der Waals surface area contributed by atoms with Crippen LogP contribution in [0.3, 0.4) is 0 Å². The van der Waals surface area contributed by atoms with Crippen molar-refractivity contribution < 1.29 is 28.3 Å². The summed E-state index contributed by atoms with van der Waals surface area (Å²) in [4.78, 5) is 0. The van der Waals surface area contributed by atoms with Gasteiger partial charge in [0.05, 0.1) is 5.82 Å². The van der Waals surface area contributed by atoms with Gasteiger partial charge in [-0.3, -0.25) is 4.39 Å². The van der Waals surface area contributed by atoms with Crippen LogP contribution in [-0.2, 0) is 19.5 Å². The number of halogens is 3. The van der Waals surface area contributed by atoms with Crippen molar-refractivity contribution in [3.63, 3.8) is 0 Å². The third kappa shape index (κ3) is 3.83. The Hall–Kier alpha value is 0.0534. The third-order valence-electron chi connectivity index (χ3n) is 1.01. The first-order valence-corrected chi connectivity index (χ1v) is 2.47. The van der Waals surface area contributed by atoms with E-state index in [0.717, 1.165) is 18.2 Å². The molecule has 4 heteroatoms. The molecule has 0 amide bonds. The number of hydrogen-bond donors (Lipinski definition) is 0. The molecule has 11 heavy (non-hydrogen) atoms. The summed E-state index contributed by atoms with van der Waals surface area (Å²) < 4.78 is 24.4. The van der Waals surface area contributed by atoms with Gasteiger partial charge in [0.1, 0.15) is 0 Å². The molecular formula is C7H6BrF2Zn-. The Labute approximate surface area is 87.5 Å². The van der Waals surface area contributed by atoms with Gasteiger partial charge < -0.3 is 0 Å². The predicted octanol–water partition coefficient (Wildman–Crippen LogP) is 2.72. The quantitative estimate of drug-likeness (QED) is 0.504. The average molecular weight is 273 g/mol. The summed E-state index contributed by atoms with van der Waals surface area (Å²) in [6.07, 6.45) is 0. The summed E-state index contributed by atoms with van der Waals surface area (Å²) in [6, 6.07) is 3.16. The van der Waals surface area contributed by atoms with Crippen LogP contribution in [0.15, 0.2) is 18.2 Å². The summed E-state index contributed by atoms with van der Waals surface area (Å²) in [7, 11) is 0. The molecule has 1 rings (SSSR count). The second-order valence-electron chi connectivity index (χ2n) is 1.74. The number of hydrogen-bond acceptors (Lipinski definition) is 0. The molecule has 0 aliphatic heterocycles. The van der Waals surface area contributed by atoms with Crippen molar-refractivity contribution in [2.24, 2.45) is 0 Å². The molecule has 0 radical (unpaired) electrons. The van der Waals surface area contributed by atoms with E-state index in [2.05, 4.69) is 6.92 Å². The van der Waals surface area contributed by atoms with E-state index >= 15 is 0 Å². The van der Waals surface area contributed by atoms with E-state index in [1.54, 1.807) is 0 Å². The maximum absolute atomic E-state index is 12.3. The first-order valence-electron chi connectivity index (χ1n) is 2.47. The summed E-state index contributed by atoms with van der Waals surface area (Å²) in [5.74, 6) is -0.933. The zero-order chi connectivity index (χ0) is 6.85. The molecule has 0 heterocycles. The van der Waals surface area contributed by atoms with Crippen LogP contribution in [0.25, 0.3) is 0 Å². The normalized spacial score (nSPS) is 7.82. The minimum Gasteiger partial charge on any atom is -0.284 e. The molecule has 58 valence electrons. The molecule has 0 aliphatic carbocycles. The maximum Gasteiger partial charge on any atom is 0.0680 e.